The summed E-state index contributed by atoms with van der Waals surface area (Å²) < 4.78 is 0. The predicted molar refractivity (Wildman–Crippen MR) is 115 cm³/mol. The summed E-state index contributed by atoms with van der Waals surface area (Å²) >= 11 is 0. The van der Waals surface area contributed by atoms with Crippen LogP contribution >= 0.6 is 0 Å². The molecule has 1 aliphatic heterocycles. The number of piperidine rings is 1. The molecular weight excluding hydrogens is 384 g/mol. The molecule has 1 fully saturated rings. The van der Waals surface area contributed by atoms with Gasteiger partial charge in [0.1, 0.15) is 5.82 Å². The Morgan fingerprint density at radius 1 is 1.27 bits per heavy atom. The molecule has 0 bridgehead atoms. The van der Waals surface area contributed by atoms with Gasteiger partial charge in [-0.15, -0.1) is 0 Å². The third-order valence-electron chi connectivity index (χ3n) is 5.67. The molecule has 2 heterocycles. The zero-order valence-electron chi connectivity index (χ0n) is 17.5. The lowest BCUT2D eigenvalue weighted by Gasteiger charge is -2.32. The summed E-state index contributed by atoms with van der Waals surface area (Å²) in [5.41, 5.74) is 4.26. The molecule has 3 rings (SSSR count). The minimum atomic E-state index is -0.342. The van der Waals surface area contributed by atoms with Gasteiger partial charge in [0.2, 0.25) is 5.91 Å². The number of imidazole rings is 1. The van der Waals surface area contributed by atoms with Crippen LogP contribution in [0.5, 0.6) is 0 Å². The van der Waals surface area contributed by atoms with E-state index in [1.54, 1.807) is 5.48 Å². The Hall–Kier alpha value is -2.65. The van der Waals surface area contributed by atoms with E-state index in [1.807, 2.05) is 30.1 Å². The summed E-state index contributed by atoms with van der Waals surface area (Å²) in [7, 11) is 1.94. The van der Waals surface area contributed by atoms with Crippen molar-refractivity contribution in [1.29, 1.82) is 0 Å². The second-order valence-electron chi connectivity index (χ2n) is 7.91. The summed E-state index contributed by atoms with van der Waals surface area (Å²) in [6.07, 6.45) is 5.81. The molecule has 0 saturated carbocycles. The minimum absolute atomic E-state index is 0.0822. The van der Waals surface area contributed by atoms with Crippen molar-refractivity contribution >= 4 is 28.7 Å². The van der Waals surface area contributed by atoms with Gasteiger partial charge in [-0.3, -0.25) is 10.0 Å². The Balaban J connectivity index is 1.46. The van der Waals surface area contributed by atoms with Crippen molar-refractivity contribution in [3.8, 4) is 0 Å². The maximum Gasteiger partial charge on any atom is 0.321 e. The number of benzene rings is 1. The SMILES string of the molecule is CNCCCc1nc2ccc(NC(=O)N3CCC(CCCC(=O)NO)CC3)cc2[nH]1. The van der Waals surface area contributed by atoms with Gasteiger partial charge in [-0.2, -0.15) is 0 Å². The topological polar surface area (TPSA) is 122 Å². The summed E-state index contributed by atoms with van der Waals surface area (Å²) in [6.45, 7) is 2.38. The molecule has 0 spiro atoms. The Morgan fingerprint density at radius 2 is 2.07 bits per heavy atom. The third-order valence-corrected chi connectivity index (χ3v) is 5.67. The summed E-state index contributed by atoms with van der Waals surface area (Å²) in [5.74, 6) is 1.14. The van der Waals surface area contributed by atoms with Crippen molar-refractivity contribution in [3.05, 3.63) is 24.0 Å². The molecule has 2 aromatic rings. The number of fused-ring (bicyclic) bond motifs is 1. The van der Waals surface area contributed by atoms with E-state index in [2.05, 4.69) is 20.6 Å². The molecule has 0 atom stereocenters. The molecule has 9 nitrogen and oxygen atoms in total. The smallest absolute Gasteiger partial charge is 0.321 e. The molecule has 1 aliphatic rings. The molecule has 1 aromatic carbocycles. The highest BCUT2D eigenvalue weighted by atomic mass is 16.5. The van der Waals surface area contributed by atoms with Crippen LogP contribution in [0.1, 0.15) is 44.3 Å². The maximum absolute atomic E-state index is 12.6. The summed E-state index contributed by atoms with van der Waals surface area (Å²) in [6, 6.07) is 5.66. The van der Waals surface area contributed by atoms with E-state index in [0.717, 1.165) is 67.6 Å². The molecule has 3 amide bonds. The number of amides is 3. The number of likely N-dealkylation sites (tertiary alicyclic amines) is 1. The Labute approximate surface area is 176 Å². The number of aromatic nitrogens is 2. The maximum atomic E-state index is 12.6. The number of nitrogens with one attached hydrogen (secondary N) is 4. The number of rotatable bonds is 9. The number of carbonyl (C=O) groups is 2. The predicted octanol–water partition coefficient (Wildman–Crippen LogP) is 2.63. The van der Waals surface area contributed by atoms with Crippen LogP contribution in [0.15, 0.2) is 18.2 Å². The molecule has 1 saturated heterocycles. The number of hydrogen-bond acceptors (Lipinski definition) is 5. The minimum Gasteiger partial charge on any atom is -0.342 e. The number of nitrogens with zero attached hydrogens (tertiary/aromatic N) is 2. The zero-order chi connectivity index (χ0) is 21.3. The van der Waals surface area contributed by atoms with Gasteiger partial charge in [0.05, 0.1) is 11.0 Å². The third kappa shape index (κ3) is 6.17. The number of aryl methyl sites for hydroxylation is 1. The van der Waals surface area contributed by atoms with Crippen LogP contribution in [0.4, 0.5) is 10.5 Å². The molecule has 5 N–H and O–H groups in total. The van der Waals surface area contributed by atoms with Crippen LogP contribution in [0.2, 0.25) is 0 Å². The van der Waals surface area contributed by atoms with Crippen LogP contribution < -0.4 is 16.1 Å². The Bertz CT molecular complexity index is 844. The fraction of sp³-hybridized carbons (Fsp3) is 0.571. The van der Waals surface area contributed by atoms with Gasteiger partial charge in [0.25, 0.3) is 0 Å². The van der Waals surface area contributed by atoms with Gasteiger partial charge >= 0.3 is 6.03 Å². The molecule has 0 aliphatic carbocycles. The lowest BCUT2D eigenvalue weighted by molar-refractivity contribution is -0.129. The second kappa shape index (κ2) is 10.9. The second-order valence-corrected chi connectivity index (χ2v) is 7.91. The standard InChI is InChI=1S/C21H32N6O3/c1-22-11-3-5-19-24-17-8-7-16(14-18(17)25-19)23-21(29)27-12-9-15(10-13-27)4-2-6-20(28)26-30/h7-8,14-15,22,30H,2-6,9-13H2,1H3,(H,23,29)(H,24,25)(H,26,28). The van der Waals surface area contributed by atoms with Gasteiger partial charge in [-0.1, -0.05) is 0 Å². The monoisotopic (exact) mass is 416 g/mol. The zero-order valence-corrected chi connectivity index (χ0v) is 17.5. The summed E-state index contributed by atoms with van der Waals surface area (Å²) in [5, 5.41) is 14.7. The quantitative estimate of drug-likeness (QED) is 0.244. The largest absolute Gasteiger partial charge is 0.342 e. The van der Waals surface area contributed by atoms with Crippen LogP contribution in [0, 0.1) is 5.92 Å². The fourth-order valence-electron chi connectivity index (χ4n) is 3.93. The highest BCUT2D eigenvalue weighted by Crippen LogP contribution is 2.24. The Kier molecular flexibility index (Phi) is 8.04. The van der Waals surface area contributed by atoms with Crippen molar-refractivity contribution in [2.24, 2.45) is 5.92 Å². The van der Waals surface area contributed by atoms with E-state index in [9.17, 15) is 9.59 Å². The van der Waals surface area contributed by atoms with Gasteiger partial charge < -0.3 is 20.5 Å². The van der Waals surface area contributed by atoms with Crippen LogP contribution in [-0.2, 0) is 11.2 Å². The van der Waals surface area contributed by atoms with Crippen molar-refractivity contribution < 1.29 is 14.8 Å². The van der Waals surface area contributed by atoms with Crippen molar-refractivity contribution in [3.63, 3.8) is 0 Å². The van der Waals surface area contributed by atoms with Crippen LogP contribution in [0.3, 0.4) is 0 Å². The number of carbonyl (C=O) groups excluding carboxylic acids is 2. The molecule has 30 heavy (non-hydrogen) atoms. The molecule has 0 radical (unpaired) electrons. The average Bonchev–Trinajstić information content (AvgIpc) is 3.16. The number of urea groups is 1. The molecule has 164 valence electrons. The van der Waals surface area contributed by atoms with Crippen LogP contribution in [-0.4, -0.2) is 58.7 Å². The first-order valence-electron chi connectivity index (χ1n) is 10.7. The van der Waals surface area contributed by atoms with Crippen molar-refractivity contribution in [2.45, 2.75) is 44.9 Å². The lowest BCUT2D eigenvalue weighted by atomic mass is 9.91. The molecule has 0 unspecified atom stereocenters. The number of H-pyrrole nitrogens is 1. The van der Waals surface area contributed by atoms with E-state index in [1.165, 1.54) is 0 Å². The number of hydroxylamine groups is 1. The van der Waals surface area contributed by atoms with E-state index in [0.29, 0.717) is 25.4 Å². The first kappa shape index (κ1) is 22.0. The molecule has 9 heteroatoms. The van der Waals surface area contributed by atoms with Crippen molar-refractivity contribution in [1.82, 2.24) is 25.7 Å². The van der Waals surface area contributed by atoms with E-state index < -0.39 is 0 Å². The number of hydrogen-bond donors (Lipinski definition) is 5. The van der Waals surface area contributed by atoms with E-state index >= 15 is 0 Å². The highest BCUT2D eigenvalue weighted by molar-refractivity contribution is 5.92. The van der Waals surface area contributed by atoms with E-state index in [-0.39, 0.29) is 11.9 Å². The first-order chi connectivity index (χ1) is 14.6. The number of anilines is 1. The van der Waals surface area contributed by atoms with Gasteiger partial charge in [-0.05, 0) is 69.8 Å². The van der Waals surface area contributed by atoms with Gasteiger partial charge in [-0.25, -0.2) is 15.3 Å². The van der Waals surface area contributed by atoms with Gasteiger partial charge in [0.15, 0.2) is 0 Å². The lowest BCUT2D eigenvalue weighted by Crippen LogP contribution is -2.41. The first-order valence-corrected chi connectivity index (χ1v) is 10.7. The van der Waals surface area contributed by atoms with Gasteiger partial charge in [0, 0.05) is 31.6 Å². The van der Waals surface area contributed by atoms with Crippen molar-refractivity contribution in [2.75, 3.05) is 32.0 Å². The molecular formula is C21H32N6O3. The van der Waals surface area contributed by atoms with E-state index in [4.69, 9.17) is 5.21 Å². The van der Waals surface area contributed by atoms with Crippen LogP contribution in [0.25, 0.3) is 11.0 Å². The normalized spacial score (nSPS) is 14.8. The Morgan fingerprint density at radius 3 is 2.80 bits per heavy atom. The fourth-order valence-corrected chi connectivity index (χ4v) is 3.93. The molecule has 1 aromatic heterocycles. The average molecular weight is 417 g/mol. The highest BCUT2D eigenvalue weighted by Gasteiger charge is 2.23. The number of aromatic amines is 1. The summed E-state index contributed by atoms with van der Waals surface area (Å²) in [4.78, 5) is 33.5.